The van der Waals surface area contributed by atoms with Crippen LogP contribution in [0.1, 0.15) is 9.67 Å². The summed E-state index contributed by atoms with van der Waals surface area (Å²) in [5.41, 5.74) is -0.219. The first-order chi connectivity index (χ1) is 9.08. The van der Waals surface area contributed by atoms with E-state index in [4.69, 9.17) is 16.3 Å². The molecule has 0 saturated heterocycles. The van der Waals surface area contributed by atoms with Crippen molar-refractivity contribution in [2.75, 3.05) is 6.61 Å². The van der Waals surface area contributed by atoms with Crippen molar-refractivity contribution in [3.63, 3.8) is 0 Å². The van der Waals surface area contributed by atoms with E-state index >= 15 is 0 Å². The van der Waals surface area contributed by atoms with E-state index in [1.807, 2.05) is 0 Å². The maximum absolute atomic E-state index is 11.7. The van der Waals surface area contributed by atoms with Crippen molar-refractivity contribution in [2.45, 2.75) is 0 Å². The van der Waals surface area contributed by atoms with Crippen molar-refractivity contribution in [2.24, 2.45) is 0 Å². The minimum atomic E-state index is -0.582. The quantitative estimate of drug-likeness (QED) is 0.480. The lowest BCUT2D eigenvalue weighted by molar-refractivity contribution is -0.385. The van der Waals surface area contributed by atoms with E-state index < -0.39 is 4.92 Å². The highest BCUT2D eigenvalue weighted by Crippen LogP contribution is 2.30. The number of thiophene rings is 1. The van der Waals surface area contributed by atoms with Crippen LogP contribution in [0, 0.1) is 10.1 Å². The van der Waals surface area contributed by atoms with E-state index in [2.05, 4.69) is 0 Å². The highest BCUT2D eigenvalue weighted by molar-refractivity contribution is 7.12. The Morgan fingerprint density at radius 2 is 2.21 bits per heavy atom. The van der Waals surface area contributed by atoms with Gasteiger partial charge in [0.2, 0.25) is 5.78 Å². The number of nitro groups is 1. The van der Waals surface area contributed by atoms with Crippen molar-refractivity contribution in [1.29, 1.82) is 0 Å². The number of ketones is 1. The van der Waals surface area contributed by atoms with Crippen molar-refractivity contribution < 1.29 is 14.5 Å². The van der Waals surface area contributed by atoms with Crippen LogP contribution in [0.2, 0.25) is 5.02 Å². The van der Waals surface area contributed by atoms with Gasteiger partial charge in [0, 0.05) is 17.2 Å². The fourth-order valence-electron chi connectivity index (χ4n) is 1.41. The summed E-state index contributed by atoms with van der Waals surface area (Å²) < 4.78 is 5.20. The van der Waals surface area contributed by atoms with Gasteiger partial charge in [0.15, 0.2) is 12.4 Å². The molecule has 0 aliphatic carbocycles. The number of ether oxygens (including phenoxy) is 1. The van der Waals surface area contributed by atoms with E-state index in [-0.39, 0.29) is 23.8 Å². The molecule has 0 amide bonds. The molecule has 0 atom stereocenters. The van der Waals surface area contributed by atoms with E-state index in [9.17, 15) is 14.9 Å². The molecule has 1 aromatic carbocycles. The Kier molecular flexibility index (Phi) is 4.13. The second-order valence-electron chi connectivity index (χ2n) is 3.56. The van der Waals surface area contributed by atoms with E-state index in [1.54, 1.807) is 17.5 Å². The summed E-state index contributed by atoms with van der Waals surface area (Å²) in [5.74, 6) is -0.244. The van der Waals surface area contributed by atoms with Gasteiger partial charge >= 0.3 is 5.69 Å². The normalized spacial score (nSPS) is 10.2. The zero-order valence-corrected chi connectivity index (χ0v) is 11.1. The maximum atomic E-state index is 11.7. The van der Waals surface area contributed by atoms with Crippen LogP contribution < -0.4 is 4.74 Å². The van der Waals surface area contributed by atoms with Crippen molar-refractivity contribution >= 4 is 34.4 Å². The number of carbonyl (C=O) groups is 1. The lowest BCUT2D eigenvalue weighted by Crippen LogP contribution is -2.11. The average molecular weight is 298 g/mol. The number of nitro benzene ring substituents is 1. The highest BCUT2D eigenvalue weighted by atomic mass is 35.5. The molecule has 0 aliphatic rings. The monoisotopic (exact) mass is 297 g/mol. The molecule has 0 aliphatic heterocycles. The smallest absolute Gasteiger partial charge is 0.311 e. The Morgan fingerprint density at radius 3 is 2.84 bits per heavy atom. The van der Waals surface area contributed by atoms with Gasteiger partial charge in [-0.3, -0.25) is 14.9 Å². The third-order valence-electron chi connectivity index (χ3n) is 2.27. The van der Waals surface area contributed by atoms with Crippen LogP contribution in [0.25, 0.3) is 0 Å². The Morgan fingerprint density at radius 1 is 1.42 bits per heavy atom. The molecule has 0 bridgehead atoms. The molecule has 0 spiro atoms. The van der Waals surface area contributed by atoms with Gasteiger partial charge in [-0.25, -0.2) is 0 Å². The van der Waals surface area contributed by atoms with Crippen LogP contribution in [-0.4, -0.2) is 17.3 Å². The maximum Gasteiger partial charge on any atom is 0.311 e. The lowest BCUT2D eigenvalue weighted by atomic mass is 10.3. The summed E-state index contributed by atoms with van der Waals surface area (Å²) in [4.78, 5) is 22.5. The number of benzene rings is 1. The predicted octanol–water partition coefficient (Wildman–Crippen LogP) is 3.57. The van der Waals surface area contributed by atoms with Gasteiger partial charge in [0.05, 0.1) is 9.80 Å². The highest BCUT2D eigenvalue weighted by Gasteiger charge is 2.17. The third-order valence-corrected chi connectivity index (χ3v) is 3.42. The van der Waals surface area contributed by atoms with Crippen LogP contribution in [-0.2, 0) is 0 Å². The van der Waals surface area contributed by atoms with Crippen molar-refractivity contribution in [3.05, 3.63) is 55.7 Å². The molecule has 2 rings (SSSR count). The number of nitrogens with zero attached hydrogens (tertiary/aromatic N) is 1. The summed E-state index contributed by atoms with van der Waals surface area (Å²) >= 11 is 7.04. The second-order valence-corrected chi connectivity index (χ2v) is 4.94. The zero-order chi connectivity index (χ0) is 13.8. The van der Waals surface area contributed by atoms with Gasteiger partial charge in [-0.2, -0.15) is 0 Å². The van der Waals surface area contributed by atoms with Gasteiger partial charge in [-0.05, 0) is 17.5 Å². The molecular formula is C12H8ClNO4S. The summed E-state index contributed by atoms with van der Waals surface area (Å²) in [6.45, 7) is -0.262. The Bertz CT molecular complexity index is 612. The lowest BCUT2D eigenvalue weighted by Gasteiger charge is -2.05. The second kappa shape index (κ2) is 5.81. The molecule has 0 fully saturated rings. The number of rotatable bonds is 5. The van der Waals surface area contributed by atoms with Crippen LogP contribution in [0.3, 0.4) is 0 Å². The van der Waals surface area contributed by atoms with Crippen molar-refractivity contribution in [1.82, 2.24) is 0 Å². The number of halogens is 1. The molecule has 2 aromatic rings. The fourth-order valence-corrected chi connectivity index (χ4v) is 2.22. The van der Waals surface area contributed by atoms with Crippen LogP contribution in [0.4, 0.5) is 5.69 Å². The SMILES string of the molecule is O=C(COc1cc(Cl)ccc1[N+](=O)[O-])c1cccs1. The molecule has 1 aromatic heterocycles. The summed E-state index contributed by atoms with van der Waals surface area (Å²) in [6, 6.07) is 7.38. The molecule has 19 heavy (non-hydrogen) atoms. The standard InChI is InChI=1S/C12H8ClNO4S/c13-8-3-4-9(14(16)17)11(6-8)18-7-10(15)12-2-1-5-19-12/h1-6H,7H2. The van der Waals surface area contributed by atoms with Crippen LogP contribution in [0.15, 0.2) is 35.7 Å². The molecule has 98 valence electrons. The minimum Gasteiger partial charge on any atom is -0.478 e. The first kappa shape index (κ1) is 13.5. The number of carbonyl (C=O) groups excluding carboxylic acids is 1. The van der Waals surface area contributed by atoms with E-state index in [0.29, 0.717) is 9.90 Å². The first-order valence-corrected chi connectivity index (χ1v) is 6.47. The molecule has 7 heteroatoms. The number of hydrogen-bond donors (Lipinski definition) is 0. The Labute approximate surface area is 117 Å². The molecule has 0 unspecified atom stereocenters. The number of Topliss-reactive ketones (excluding diaryl/α,β-unsaturated/α-hetero) is 1. The van der Waals surface area contributed by atoms with E-state index in [0.717, 1.165) is 0 Å². The fraction of sp³-hybridized carbons (Fsp3) is 0.0833. The predicted molar refractivity (Wildman–Crippen MR) is 72.3 cm³/mol. The first-order valence-electron chi connectivity index (χ1n) is 5.21. The van der Waals surface area contributed by atoms with Crippen molar-refractivity contribution in [3.8, 4) is 5.75 Å². The molecule has 5 nitrogen and oxygen atoms in total. The molecule has 0 radical (unpaired) electrons. The summed E-state index contributed by atoms with van der Waals surface area (Å²) in [5, 5.41) is 12.9. The summed E-state index contributed by atoms with van der Waals surface area (Å²) in [7, 11) is 0. The van der Waals surface area contributed by atoms with Crippen LogP contribution >= 0.6 is 22.9 Å². The molecular weight excluding hydrogens is 290 g/mol. The van der Waals surface area contributed by atoms with E-state index in [1.165, 1.54) is 29.5 Å². The number of hydrogen-bond acceptors (Lipinski definition) is 5. The topological polar surface area (TPSA) is 69.4 Å². The Balaban J connectivity index is 2.13. The molecule has 0 N–H and O–H groups in total. The third kappa shape index (κ3) is 3.30. The minimum absolute atomic E-state index is 0.0117. The average Bonchev–Trinajstić information content (AvgIpc) is 2.89. The van der Waals surface area contributed by atoms with Gasteiger partial charge in [-0.15, -0.1) is 11.3 Å². The molecule has 1 heterocycles. The van der Waals surface area contributed by atoms with Gasteiger partial charge in [0.25, 0.3) is 0 Å². The largest absolute Gasteiger partial charge is 0.478 e. The zero-order valence-electron chi connectivity index (χ0n) is 9.54. The van der Waals surface area contributed by atoms with Gasteiger partial charge in [0.1, 0.15) is 0 Å². The summed E-state index contributed by atoms with van der Waals surface area (Å²) in [6.07, 6.45) is 0. The van der Waals surface area contributed by atoms with Crippen LogP contribution in [0.5, 0.6) is 5.75 Å². The van der Waals surface area contributed by atoms with Gasteiger partial charge in [-0.1, -0.05) is 17.7 Å². The Hall–Kier alpha value is -1.92. The molecule has 0 saturated carbocycles. The van der Waals surface area contributed by atoms with Gasteiger partial charge < -0.3 is 4.74 Å².